The van der Waals surface area contributed by atoms with E-state index < -0.39 is 49.0 Å². The predicted molar refractivity (Wildman–Crippen MR) is 46.8 cm³/mol. The molecule has 11 heteroatoms. The zero-order valence-corrected chi connectivity index (χ0v) is 9.09. The van der Waals surface area contributed by atoms with Crippen LogP contribution in [-0.4, -0.2) is 46.3 Å². The van der Waals surface area contributed by atoms with Gasteiger partial charge in [-0.3, -0.25) is 4.79 Å². The third-order valence-electron chi connectivity index (χ3n) is 2.26. The topological polar surface area (TPSA) is 83.5 Å². The molecule has 0 spiro atoms. The van der Waals surface area contributed by atoms with Crippen molar-refractivity contribution in [3.63, 3.8) is 0 Å². The standard InChI is InChI=1S/C8H10F7NO3/c9-6(10,7(11,12)8(13,14)15)4(17)2-1-3(16)5(18)19/h3-4,17H,1-2,16H2,(H,18,19)/t3-,4-/m1/s1. The molecular formula is C8H10F7NO3. The zero-order chi connectivity index (χ0) is 15.6. The largest absolute Gasteiger partial charge is 0.480 e. The van der Waals surface area contributed by atoms with Gasteiger partial charge in [0.1, 0.15) is 12.1 Å². The Balaban J connectivity index is 4.87. The van der Waals surface area contributed by atoms with Gasteiger partial charge in [0.25, 0.3) is 0 Å². The minimum absolute atomic E-state index is 0.889. The molecule has 19 heavy (non-hydrogen) atoms. The van der Waals surface area contributed by atoms with E-state index in [2.05, 4.69) is 0 Å². The van der Waals surface area contributed by atoms with Crippen molar-refractivity contribution in [1.82, 2.24) is 0 Å². The Morgan fingerprint density at radius 2 is 1.47 bits per heavy atom. The number of aliphatic hydroxyl groups is 1. The zero-order valence-electron chi connectivity index (χ0n) is 9.09. The lowest BCUT2D eigenvalue weighted by Gasteiger charge is -2.31. The highest BCUT2D eigenvalue weighted by Gasteiger charge is 2.75. The van der Waals surface area contributed by atoms with Gasteiger partial charge in [-0.05, 0) is 12.8 Å². The summed E-state index contributed by atoms with van der Waals surface area (Å²) in [5, 5.41) is 17.0. The van der Waals surface area contributed by atoms with Crippen LogP contribution in [0.3, 0.4) is 0 Å². The minimum atomic E-state index is -6.55. The first-order chi connectivity index (χ1) is 8.25. The van der Waals surface area contributed by atoms with E-state index in [1.54, 1.807) is 0 Å². The van der Waals surface area contributed by atoms with Gasteiger partial charge >= 0.3 is 24.0 Å². The minimum Gasteiger partial charge on any atom is -0.480 e. The van der Waals surface area contributed by atoms with Crippen LogP contribution in [0.1, 0.15) is 12.8 Å². The highest BCUT2D eigenvalue weighted by molar-refractivity contribution is 5.72. The Hall–Kier alpha value is -1.10. The van der Waals surface area contributed by atoms with Gasteiger partial charge in [-0.1, -0.05) is 0 Å². The number of halogens is 7. The lowest BCUT2D eigenvalue weighted by Crippen LogP contribution is -2.58. The van der Waals surface area contributed by atoms with Gasteiger partial charge in [0.2, 0.25) is 0 Å². The summed E-state index contributed by atoms with van der Waals surface area (Å²) >= 11 is 0. The maximum absolute atomic E-state index is 12.8. The maximum Gasteiger partial charge on any atom is 0.459 e. The molecule has 114 valence electrons. The third kappa shape index (κ3) is 3.69. The second-order valence-electron chi connectivity index (χ2n) is 3.73. The molecule has 0 aromatic heterocycles. The first kappa shape index (κ1) is 17.9. The summed E-state index contributed by atoms with van der Waals surface area (Å²) < 4.78 is 85.9. The van der Waals surface area contributed by atoms with Crippen LogP contribution in [-0.2, 0) is 4.79 Å². The second-order valence-corrected chi connectivity index (χ2v) is 3.73. The van der Waals surface area contributed by atoms with E-state index in [0.29, 0.717) is 0 Å². The normalized spacial score (nSPS) is 17.1. The average Bonchev–Trinajstić information content (AvgIpc) is 2.22. The van der Waals surface area contributed by atoms with E-state index in [0.717, 1.165) is 0 Å². The molecule has 0 unspecified atom stereocenters. The average molecular weight is 301 g/mol. The van der Waals surface area contributed by atoms with Crippen molar-refractivity contribution in [2.75, 3.05) is 0 Å². The van der Waals surface area contributed by atoms with Gasteiger partial charge in [0.05, 0.1) is 0 Å². The monoisotopic (exact) mass is 301 g/mol. The van der Waals surface area contributed by atoms with Crippen molar-refractivity contribution in [2.24, 2.45) is 5.73 Å². The third-order valence-corrected chi connectivity index (χ3v) is 2.26. The summed E-state index contributed by atoms with van der Waals surface area (Å²) in [5.74, 6) is -13.9. The molecule has 0 amide bonds. The molecule has 0 bridgehead atoms. The number of hydrogen-bond donors (Lipinski definition) is 3. The number of hydrogen-bond acceptors (Lipinski definition) is 3. The Kier molecular flexibility index (Phi) is 5.17. The van der Waals surface area contributed by atoms with E-state index >= 15 is 0 Å². The molecule has 0 saturated carbocycles. The fourth-order valence-corrected chi connectivity index (χ4v) is 1.04. The van der Waals surface area contributed by atoms with Crippen LogP contribution in [0.5, 0.6) is 0 Å². The number of carboxylic acid groups (broad SMARTS) is 1. The molecule has 0 fully saturated rings. The first-order valence-electron chi connectivity index (χ1n) is 4.74. The molecule has 0 heterocycles. The first-order valence-corrected chi connectivity index (χ1v) is 4.74. The summed E-state index contributed by atoms with van der Waals surface area (Å²) in [6, 6.07) is -1.76. The highest BCUT2D eigenvalue weighted by atomic mass is 19.4. The van der Waals surface area contributed by atoms with Gasteiger partial charge in [0, 0.05) is 0 Å². The van der Waals surface area contributed by atoms with Gasteiger partial charge in [-0.15, -0.1) is 0 Å². The van der Waals surface area contributed by atoms with Crippen LogP contribution in [0.2, 0.25) is 0 Å². The number of nitrogens with two attached hydrogens (primary N) is 1. The van der Waals surface area contributed by atoms with Gasteiger partial charge < -0.3 is 15.9 Å². The van der Waals surface area contributed by atoms with Crippen LogP contribution in [0.25, 0.3) is 0 Å². The van der Waals surface area contributed by atoms with Crippen molar-refractivity contribution in [2.45, 2.75) is 43.0 Å². The van der Waals surface area contributed by atoms with Crippen LogP contribution >= 0.6 is 0 Å². The van der Waals surface area contributed by atoms with E-state index in [4.69, 9.17) is 15.9 Å². The number of carboxylic acids is 1. The lowest BCUT2D eigenvalue weighted by atomic mass is 9.99. The molecule has 4 nitrogen and oxygen atoms in total. The number of carbonyl (C=O) groups is 1. The summed E-state index contributed by atoms with van der Waals surface area (Å²) in [6.07, 6.45) is -12.1. The fraction of sp³-hybridized carbons (Fsp3) is 0.875. The molecule has 0 aliphatic carbocycles. The molecule has 0 rings (SSSR count). The Bertz CT molecular complexity index is 331. The SMILES string of the molecule is N[C@H](CC[C@@H](O)C(F)(F)C(F)(F)C(F)(F)F)C(=O)O. The summed E-state index contributed by atoms with van der Waals surface area (Å²) in [7, 11) is 0. The summed E-state index contributed by atoms with van der Waals surface area (Å²) in [6.45, 7) is 0. The van der Waals surface area contributed by atoms with E-state index in [9.17, 15) is 35.5 Å². The van der Waals surface area contributed by atoms with Crippen molar-refractivity contribution >= 4 is 5.97 Å². The van der Waals surface area contributed by atoms with Gasteiger partial charge in [-0.2, -0.15) is 30.7 Å². The smallest absolute Gasteiger partial charge is 0.459 e. The van der Waals surface area contributed by atoms with Crippen LogP contribution < -0.4 is 5.73 Å². The second kappa shape index (κ2) is 5.49. The number of aliphatic carboxylic acids is 1. The molecule has 4 N–H and O–H groups in total. The van der Waals surface area contributed by atoms with Crippen molar-refractivity contribution in [3.05, 3.63) is 0 Å². The Morgan fingerprint density at radius 1 is 1.05 bits per heavy atom. The predicted octanol–water partition coefficient (Wildman–Crippen LogP) is 1.37. The number of alkyl halides is 7. The Labute approximate surface area is 102 Å². The van der Waals surface area contributed by atoms with Crippen molar-refractivity contribution in [1.29, 1.82) is 0 Å². The molecule has 0 aromatic carbocycles. The lowest BCUT2D eigenvalue weighted by molar-refractivity contribution is -0.371. The van der Waals surface area contributed by atoms with Crippen LogP contribution in [0.4, 0.5) is 30.7 Å². The Morgan fingerprint density at radius 3 is 1.79 bits per heavy atom. The fourth-order valence-electron chi connectivity index (χ4n) is 1.04. The molecule has 2 atom stereocenters. The van der Waals surface area contributed by atoms with Crippen LogP contribution in [0.15, 0.2) is 0 Å². The van der Waals surface area contributed by atoms with E-state index in [-0.39, 0.29) is 0 Å². The van der Waals surface area contributed by atoms with Crippen LogP contribution in [0, 0.1) is 0 Å². The molecule has 0 aromatic rings. The molecule has 0 aliphatic rings. The summed E-state index contributed by atoms with van der Waals surface area (Å²) in [5.41, 5.74) is 4.84. The molecule has 0 radical (unpaired) electrons. The highest BCUT2D eigenvalue weighted by Crippen LogP contribution is 2.48. The van der Waals surface area contributed by atoms with Gasteiger partial charge in [-0.25, -0.2) is 0 Å². The molecule has 0 aliphatic heterocycles. The summed E-state index contributed by atoms with van der Waals surface area (Å²) in [4.78, 5) is 10.2. The number of aliphatic hydroxyl groups excluding tert-OH is 1. The van der Waals surface area contributed by atoms with Gasteiger partial charge in [0.15, 0.2) is 0 Å². The van der Waals surface area contributed by atoms with E-state index in [1.807, 2.05) is 0 Å². The number of rotatable bonds is 6. The quantitative estimate of drug-likeness (QED) is 0.647. The van der Waals surface area contributed by atoms with Crippen molar-refractivity contribution < 1.29 is 45.7 Å². The molecule has 0 saturated heterocycles. The van der Waals surface area contributed by atoms with E-state index in [1.165, 1.54) is 0 Å². The maximum atomic E-state index is 12.8. The van der Waals surface area contributed by atoms with Crippen molar-refractivity contribution in [3.8, 4) is 0 Å². The molecular weight excluding hydrogens is 291 g/mol.